The molecule has 2 N–H and O–H groups in total. The molecule has 0 fully saturated rings. The van der Waals surface area contributed by atoms with Crippen LogP contribution in [0, 0.1) is 38.5 Å². The maximum atomic E-state index is 11.3. The molecule has 2 unspecified atom stereocenters. The van der Waals surface area contributed by atoms with Crippen LogP contribution in [0.2, 0.25) is 0 Å². The highest BCUT2D eigenvalue weighted by Crippen LogP contribution is 2.34. The Bertz CT molecular complexity index is 791. The molecule has 0 saturated heterocycles. The Balaban J connectivity index is 2.40. The topological polar surface area (TPSA) is 57.5 Å². The summed E-state index contributed by atoms with van der Waals surface area (Å²) in [6.45, 7) is 19.4. The van der Waals surface area contributed by atoms with Crippen LogP contribution < -0.4 is 0 Å². The summed E-state index contributed by atoms with van der Waals surface area (Å²) in [6.07, 6.45) is 13.1. The Morgan fingerprint density at radius 2 is 1.29 bits per heavy atom. The van der Waals surface area contributed by atoms with E-state index in [1.807, 2.05) is 20.8 Å². The molecular weight excluding hydrogens is 420 g/mol. The number of carboxylic acids is 1. The number of carboxylic acid groups (broad SMARTS) is 1. The van der Waals surface area contributed by atoms with Gasteiger partial charge in [0.25, 0.3) is 0 Å². The zero-order chi connectivity index (χ0) is 25.8. The second kappa shape index (κ2) is 15.3. The number of phenolic OH excluding ortho intramolecular Hbond substituents is 1. The van der Waals surface area contributed by atoms with Gasteiger partial charge in [0.1, 0.15) is 5.75 Å². The number of benzene rings is 1. The highest BCUT2D eigenvalue weighted by molar-refractivity contribution is 5.72. The van der Waals surface area contributed by atoms with Crippen LogP contribution in [0.5, 0.6) is 5.75 Å². The van der Waals surface area contributed by atoms with Crippen LogP contribution in [0.1, 0.15) is 120 Å². The van der Waals surface area contributed by atoms with Crippen molar-refractivity contribution in [2.24, 2.45) is 17.8 Å². The van der Waals surface area contributed by atoms with Crippen LogP contribution in [0.15, 0.2) is 12.2 Å². The van der Waals surface area contributed by atoms with Crippen LogP contribution in [-0.4, -0.2) is 16.2 Å². The molecule has 0 aliphatic heterocycles. The van der Waals surface area contributed by atoms with Crippen LogP contribution in [-0.2, 0) is 17.6 Å². The molecule has 0 spiro atoms. The highest BCUT2D eigenvalue weighted by Gasteiger charge is 2.18. The zero-order valence-corrected chi connectivity index (χ0v) is 23.2. The van der Waals surface area contributed by atoms with Crippen molar-refractivity contribution in [2.45, 2.75) is 126 Å². The van der Waals surface area contributed by atoms with Crippen molar-refractivity contribution in [1.29, 1.82) is 0 Å². The van der Waals surface area contributed by atoms with Gasteiger partial charge in [0.05, 0.1) is 6.42 Å². The van der Waals surface area contributed by atoms with Gasteiger partial charge in [-0.25, -0.2) is 0 Å². The Kier molecular flexibility index (Phi) is 13.6. The number of aliphatic carboxylic acids is 1. The minimum absolute atomic E-state index is 0.00133. The lowest BCUT2D eigenvalue weighted by molar-refractivity contribution is -0.136. The summed E-state index contributed by atoms with van der Waals surface area (Å²) in [7, 11) is 0. The van der Waals surface area contributed by atoms with E-state index in [9.17, 15) is 15.0 Å². The highest BCUT2D eigenvalue weighted by atomic mass is 16.4. The Morgan fingerprint density at radius 1 is 0.765 bits per heavy atom. The minimum atomic E-state index is -0.832. The van der Waals surface area contributed by atoms with E-state index in [0.29, 0.717) is 12.2 Å². The van der Waals surface area contributed by atoms with Gasteiger partial charge in [-0.1, -0.05) is 84.8 Å². The number of hydrogen-bond acceptors (Lipinski definition) is 2. The Labute approximate surface area is 210 Å². The number of allylic oxidation sites excluding steroid dienone is 1. The summed E-state index contributed by atoms with van der Waals surface area (Å²) < 4.78 is 0. The second-order valence-electron chi connectivity index (χ2n) is 11.4. The molecule has 2 atom stereocenters. The van der Waals surface area contributed by atoms with Gasteiger partial charge >= 0.3 is 5.97 Å². The van der Waals surface area contributed by atoms with Crippen molar-refractivity contribution in [3.8, 4) is 5.75 Å². The molecule has 3 heteroatoms. The van der Waals surface area contributed by atoms with Gasteiger partial charge in [-0.2, -0.15) is 0 Å². The van der Waals surface area contributed by atoms with E-state index >= 15 is 0 Å². The van der Waals surface area contributed by atoms with Crippen molar-refractivity contribution in [3.63, 3.8) is 0 Å². The number of aromatic hydroxyl groups is 1. The third-order valence-electron chi connectivity index (χ3n) is 7.72. The number of carbonyl (C=O) groups is 1. The van der Waals surface area contributed by atoms with E-state index in [2.05, 4.69) is 34.3 Å². The lowest BCUT2D eigenvalue weighted by atomic mass is 9.87. The molecule has 0 heterocycles. The van der Waals surface area contributed by atoms with Gasteiger partial charge in [-0.05, 0) is 92.0 Å². The van der Waals surface area contributed by atoms with Crippen molar-refractivity contribution in [1.82, 2.24) is 0 Å². The van der Waals surface area contributed by atoms with Gasteiger partial charge in [0.15, 0.2) is 0 Å². The summed E-state index contributed by atoms with van der Waals surface area (Å²) in [5.41, 5.74) is 5.55. The first-order valence-corrected chi connectivity index (χ1v) is 13.6. The molecule has 0 radical (unpaired) electrons. The van der Waals surface area contributed by atoms with Crippen LogP contribution in [0.3, 0.4) is 0 Å². The van der Waals surface area contributed by atoms with E-state index in [-0.39, 0.29) is 6.42 Å². The summed E-state index contributed by atoms with van der Waals surface area (Å²) in [5, 5.41) is 20.0. The van der Waals surface area contributed by atoms with E-state index in [1.54, 1.807) is 0 Å². The molecule has 0 aliphatic rings. The van der Waals surface area contributed by atoms with Crippen LogP contribution >= 0.6 is 0 Å². The van der Waals surface area contributed by atoms with Gasteiger partial charge in [-0.15, -0.1) is 0 Å². The van der Waals surface area contributed by atoms with Crippen molar-refractivity contribution < 1.29 is 15.0 Å². The number of hydrogen-bond donors (Lipinski definition) is 2. The fraction of sp³-hybridized carbons (Fsp3) is 0.710. The van der Waals surface area contributed by atoms with Gasteiger partial charge in [0.2, 0.25) is 0 Å². The maximum Gasteiger partial charge on any atom is 0.307 e. The molecule has 3 nitrogen and oxygen atoms in total. The lowest BCUT2D eigenvalue weighted by Gasteiger charge is -2.19. The van der Waals surface area contributed by atoms with Gasteiger partial charge in [-0.3, -0.25) is 4.79 Å². The van der Waals surface area contributed by atoms with Crippen molar-refractivity contribution >= 4 is 5.97 Å². The van der Waals surface area contributed by atoms with Gasteiger partial charge in [0, 0.05) is 0 Å². The van der Waals surface area contributed by atoms with E-state index in [4.69, 9.17) is 0 Å². The van der Waals surface area contributed by atoms with Crippen LogP contribution in [0.25, 0.3) is 0 Å². The number of rotatable bonds is 17. The van der Waals surface area contributed by atoms with E-state index in [0.717, 1.165) is 58.4 Å². The fourth-order valence-electron chi connectivity index (χ4n) is 5.10. The molecule has 1 rings (SSSR count). The molecule has 0 bridgehead atoms. The minimum Gasteiger partial charge on any atom is -0.507 e. The molecule has 194 valence electrons. The third kappa shape index (κ3) is 10.7. The molecule has 0 saturated carbocycles. The maximum absolute atomic E-state index is 11.3. The first-order valence-electron chi connectivity index (χ1n) is 13.6. The molecule has 34 heavy (non-hydrogen) atoms. The molecule has 0 amide bonds. The fourth-order valence-corrected chi connectivity index (χ4v) is 5.10. The van der Waals surface area contributed by atoms with Crippen LogP contribution in [0.4, 0.5) is 0 Å². The molecule has 0 aromatic heterocycles. The summed E-state index contributed by atoms with van der Waals surface area (Å²) in [6, 6.07) is 0. The largest absolute Gasteiger partial charge is 0.507 e. The number of phenols is 1. The molecule has 0 aliphatic carbocycles. The smallest absolute Gasteiger partial charge is 0.307 e. The average Bonchev–Trinajstić information content (AvgIpc) is 2.75. The lowest BCUT2D eigenvalue weighted by Crippen LogP contribution is -2.08. The first-order chi connectivity index (χ1) is 15.9. The quantitative estimate of drug-likeness (QED) is 0.223. The standard InChI is InChI=1S/C31H52O3/c1-21(2)12-9-13-22(3)14-10-15-23(4)16-11-17-24(5)18-19-28-27(8)29(20-30(32)33)25(6)26(7)31(28)34/h21-23,34H,5,9-20H2,1-4,6-8H3,(H,32,33). The monoisotopic (exact) mass is 472 g/mol. The predicted octanol–water partition coefficient (Wildman–Crippen LogP) is 8.87. The molecular formula is C31H52O3. The molecule has 1 aromatic rings. The third-order valence-corrected chi connectivity index (χ3v) is 7.72. The first kappa shape index (κ1) is 30.3. The Hall–Kier alpha value is -1.77. The van der Waals surface area contributed by atoms with E-state index < -0.39 is 5.97 Å². The average molecular weight is 473 g/mol. The molecule has 1 aromatic carbocycles. The summed E-state index contributed by atoms with van der Waals surface area (Å²) >= 11 is 0. The van der Waals surface area contributed by atoms with E-state index in [1.165, 1.54) is 56.9 Å². The van der Waals surface area contributed by atoms with Crippen molar-refractivity contribution in [3.05, 3.63) is 40.0 Å². The predicted molar refractivity (Wildman–Crippen MR) is 146 cm³/mol. The van der Waals surface area contributed by atoms with Crippen molar-refractivity contribution in [2.75, 3.05) is 0 Å². The summed E-state index contributed by atoms with van der Waals surface area (Å²) in [4.78, 5) is 11.3. The SMILES string of the molecule is C=C(CCCC(C)CCCC(C)CCCC(C)C)CCc1c(C)c(CC(=O)O)c(C)c(C)c1O. The zero-order valence-electron chi connectivity index (χ0n) is 23.2. The summed E-state index contributed by atoms with van der Waals surface area (Å²) in [5.74, 6) is 1.93. The second-order valence-corrected chi connectivity index (χ2v) is 11.4. The Morgan fingerprint density at radius 3 is 1.82 bits per heavy atom. The van der Waals surface area contributed by atoms with Gasteiger partial charge < -0.3 is 10.2 Å². The normalized spacial score (nSPS) is 13.3.